The molecule has 0 aliphatic rings. The molecular formula is C35H25N3. The molecule has 0 spiro atoms. The van der Waals surface area contributed by atoms with Crippen LogP contribution in [0, 0.1) is 0 Å². The summed E-state index contributed by atoms with van der Waals surface area (Å²) in [6, 6.07) is 51.2. The van der Waals surface area contributed by atoms with E-state index in [1.165, 1.54) is 21.8 Å². The Morgan fingerprint density at radius 3 is 1.76 bits per heavy atom. The molecule has 38 heavy (non-hydrogen) atoms. The Bertz CT molecular complexity index is 1800. The lowest BCUT2D eigenvalue weighted by atomic mass is 10.1. The zero-order valence-electron chi connectivity index (χ0n) is 20.8. The summed E-state index contributed by atoms with van der Waals surface area (Å²) < 4.78 is 2.35. The summed E-state index contributed by atoms with van der Waals surface area (Å²) in [5, 5.41) is 2.54. The van der Waals surface area contributed by atoms with Crippen LogP contribution >= 0.6 is 0 Å². The van der Waals surface area contributed by atoms with Crippen molar-refractivity contribution in [2.24, 2.45) is 0 Å². The number of nitrogens with zero attached hydrogens (tertiary/aromatic N) is 3. The van der Waals surface area contributed by atoms with E-state index in [-0.39, 0.29) is 0 Å². The molecule has 0 radical (unpaired) electrons. The SMILES string of the molecule is c1ccc(N(c2ccc(-n3c4ccccc4c4ccccc43)cc2)c2cccc(-c3ccccn3)c2)cc1. The van der Waals surface area contributed by atoms with Crippen molar-refractivity contribution >= 4 is 38.9 Å². The summed E-state index contributed by atoms with van der Waals surface area (Å²) in [4.78, 5) is 6.86. The van der Waals surface area contributed by atoms with Gasteiger partial charge in [0.05, 0.1) is 16.7 Å². The van der Waals surface area contributed by atoms with Gasteiger partial charge >= 0.3 is 0 Å². The van der Waals surface area contributed by atoms with Crippen molar-refractivity contribution in [1.29, 1.82) is 0 Å². The van der Waals surface area contributed by atoms with Crippen molar-refractivity contribution in [3.8, 4) is 16.9 Å². The van der Waals surface area contributed by atoms with E-state index in [1.54, 1.807) is 0 Å². The van der Waals surface area contributed by atoms with Crippen LogP contribution in [-0.4, -0.2) is 9.55 Å². The van der Waals surface area contributed by atoms with Crippen LogP contribution < -0.4 is 4.90 Å². The minimum absolute atomic E-state index is 0.962. The van der Waals surface area contributed by atoms with Gasteiger partial charge in [-0.25, -0.2) is 0 Å². The molecule has 0 aliphatic carbocycles. The van der Waals surface area contributed by atoms with Gasteiger partial charge in [-0.3, -0.25) is 4.98 Å². The molecule has 2 heterocycles. The van der Waals surface area contributed by atoms with Crippen molar-refractivity contribution in [2.75, 3.05) is 4.90 Å². The molecule has 0 amide bonds. The summed E-state index contributed by atoms with van der Waals surface area (Å²) in [5.41, 5.74) is 8.91. The molecule has 3 nitrogen and oxygen atoms in total. The summed E-state index contributed by atoms with van der Waals surface area (Å²) in [6.07, 6.45) is 1.84. The van der Waals surface area contributed by atoms with Gasteiger partial charge in [0, 0.05) is 45.3 Å². The average molecular weight is 488 g/mol. The number of aromatic nitrogens is 2. The van der Waals surface area contributed by atoms with Gasteiger partial charge in [0.2, 0.25) is 0 Å². The smallest absolute Gasteiger partial charge is 0.0702 e. The van der Waals surface area contributed by atoms with Crippen molar-refractivity contribution < 1.29 is 0 Å². The molecule has 7 rings (SSSR count). The largest absolute Gasteiger partial charge is 0.310 e. The highest BCUT2D eigenvalue weighted by Crippen LogP contribution is 2.37. The number of pyridine rings is 1. The molecule has 7 aromatic rings. The zero-order valence-corrected chi connectivity index (χ0v) is 20.8. The summed E-state index contributed by atoms with van der Waals surface area (Å²) in [7, 11) is 0. The van der Waals surface area contributed by atoms with Crippen LogP contribution in [0.25, 0.3) is 38.8 Å². The number of hydrogen-bond donors (Lipinski definition) is 0. The lowest BCUT2D eigenvalue weighted by molar-refractivity contribution is 1.17. The van der Waals surface area contributed by atoms with Crippen LogP contribution in [0.3, 0.4) is 0 Å². The molecule has 3 heteroatoms. The fraction of sp³-hybridized carbons (Fsp3) is 0. The van der Waals surface area contributed by atoms with Crippen molar-refractivity contribution in [3.63, 3.8) is 0 Å². The molecule has 0 saturated heterocycles. The monoisotopic (exact) mass is 487 g/mol. The average Bonchev–Trinajstić information content (AvgIpc) is 3.33. The van der Waals surface area contributed by atoms with E-state index in [4.69, 9.17) is 0 Å². The Morgan fingerprint density at radius 2 is 1.08 bits per heavy atom. The van der Waals surface area contributed by atoms with Crippen LogP contribution in [0.15, 0.2) is 152 Å². The molecule has 5 aromatic carbocycles. The standard InChI is InChI=1S/C35H25N3/c1-2-12-27(13-3-1)37(30-14-10-11-26(25-30)33-17-8-9-24-36-33)28-20-22-29(23-21-28)38-34-18-6-4-15-31(34)32-16-5-7-19-35(32)38/h1-25H. The van der Waals surface area contributed by atoms with Gasteiger partial charge in [0.15, 0.2) is 0 Å². The second kappa shape index (κ2) is 9.38. The first-order chi connectivity index (χ1) is 18.9. The molecule has 180 valence electrons. The number of benzene rings is 5. The molecule has 0 N–H and O–H groups in total. The number of fused-ring (bicyclic) bond motifs is 3. The van der Waals surface area contributed by atoms with E-state index in [0.29, 0.717) is 0 Å². The van der Waals surface area contributed by atoms with Crippen molar-refractivity contribution in [2.45, 2.75) is 0 Å². The lowest BCUT2D eigenvalue weighted by Gasteiger charge is -2.26. The maximum absolute atomic E-state index is 4.56. The van der Waals surface area contributed by atoms with Gasteiger partial charge in [0.25, 0.3) is 0 Å². The van der Waals surface area contributed by atoms with E-state index >= 15 is 0 Å². The van der Waals surface area contributed by atoms with Crippen LogP contribution in [0.5, 0.6) is 0 Å². The number of para-hydroxylation sites is 3. The molecule has 0 aliphatic heterocycles. The predicted octanol–water partition coefficient (Wildman–Crippen LogP) is 9.32. The first-order valence-electron chi connectivity index (χ1n) is 12.8. The van der Waals surface area contributed by atoms with Gasteiger partial charge in [-0.1, -0.05) is 72.8 Å². The third-order valence-electron chi connectivity index (χ3n) is 7.03. The third-order valence-corrected chi connectivity index (χ3v) is 7.03. The normalized spacial score (nSPS) is 11.2. The lowest BCUT2D eigenvalue weighted by Crippen LogP contribution is -2.10. The molecular weight excluding hydrogens is 462 g/mol. The maximum atomic E-state index is 4.56. The van der Waals surface area contributed by atoms with Gasteiger partial charge in [-0.2, -0.15) is 0 Å². The maximum Gasteiger partial charge on any atom is 0.0702 e. The molecule has 0 fully saturated rings. The van der Waals surface area contributed by atoms with Crippen LogP contribution in [-0.2, 0) is 0 Å². The third kappa shape index (κ3) is 3.82. The highest BCUT2D eigenvalue weighted by molar-refractivity contribution is 6.09. The van der Waals surface area contributed by atoms with E-state index in [0.717, 1.165) is 34.0 Å². The zero-order chi connectivity index (χ0) is 25.3. The van der Waals surface area contributed by atoms with Crippen LogP contribution in [0.2, 0.25) is 0 Å². The van der Waals surface area contributed by atoms with E-state index in [9.17, 15) is 0 Å². The molecule has 0 unspecified atom stereocenters. The van der Waals surface area contributed by atoms with E-state index in [2.05, 4.69) is 142 Å². The van der Waals surface area contributed by atoms with Crippen LogP contribution in [0.4, 0.5) is 17.1 Å². The Morgan fingerprint density at radius 1 is 0.474 bits per heavy atom. The first-order valence-corrected chi connectivity index (χ1v) is 12.8. The number of anilines is 3. The van der Waals surface area contributed by atoms with E-state index in [1.807, 2.05) is 24.4 Å². The first kappa shape index (κ1) is 22.1. The fourth-order valence-electron chi connectivity index (χ4n) is 5.31. The van der Waals surface area contributed by atoms with Crippen molar-refractivity contribution in [3.05, 3.63) is 152 Å². The summed E-state index contributed by atoms with van der Waals surface area (Å²) in [5.74, 6) is 0. The Kier molecular flexibility index (Phi) is 5.45. The van der Waals surface area contributed by atoms with Crippen molar-refractivity contribution in [1.82, 2.24) is 9.55 Å². The molecule has 0 atom stereocenters. The Balaban J connectivity index is 1.35. The predicted molar refractivity (Wildman–Crippen MR) is 159 cm³/mol. The fourth-order valence-corrected chi connectivity index (χ4v) is 5.31. The van der Waals surface area contributed by atoms with Gasteiger partial charge < -0.3 is 9.47 Å². The highest BCUT2D eigenvalue weighted by atomic mass is 15.1. The van der Waals surface area contributed by atoms with E-state index < -0.39 is 0 Å². The number of hydrogen-bond acceptors (Lipinski definition) is 2. The quantitative estimate of drug-likeness (QED) is 0.241. The summed E-state index contributed by atoms with van der Waals surface area (Å²) in [6.45, 7) is 0. The Hall–Kier alpha value is -5.15. The molecule has 0 saturated carbocycles. The Labute approximate surface area is 221 Å². The topological polar surface area (TPSA) is 21.1 Å². The number of rotatable bonds is 5. The minimum atomic E-state index is 0.962. The van der Waals surface area contributed by atoms with Gasteiger partial charge in [0.1, 0.15) is 0 Å². The van der Waals surface area contributed by atoms with Crippen LogP contribution in [0.1, 0.15) is 0 Å². The van der Waals surface area contributed by atoms with Gasteiger partial charge in [-0.05, 0) is 72.8 Å². The second-order valence-electron chi connectivity index (χ2n) is 9.32. The molecule has 0 bridgehead atoms. The second-order valence-corrected chi connectivity index (χ2v) is 9.32. The molecule has 2 aromatic heterocycles. The summed E-state index contributed by atoms with van der Waals surface area (Å²) >= 11 is 0. The highest BCUT2D eigenvalue weighted by Gasteiger charge is 2.15. The minimum Gasteiger partial charge on any atom is -0.310 e. The van der Waals surface area contributed by atoms with Gasteiger partial charge in [-0.15, -0.1) is 0 Å².